The Morgan fingerprint density at radius 1 is 1.39 bits per heavy atom. The van der Waals surface area contributed by atoms with Gasteiger partial charge in [-0.3, -0.25) is 9.59 Å². The molecule has 1 heterocycles. The average Bonchev–Trinajstić information content (AvgIpc) is 3.00. The largest absolute Gasteiger partial charge is 0.475 e. The molecule has 0 aliphatic carbocycles. The highest BCUT2D eigenvalue weighted by Gasteiger charge is 2.31. The predicted octanol–water partition coefficient (Wildman–Crippen LogP) is -0.426. The summed E-state index contributed by atoms with van der Waals surface area (Å²) in [4.78, 5) is 37.2. The summed E-state index contributed by atoms with van der Waals surface area (Å²) >= 11 is 0. The van der Waals surface area contributed by atoms with Crippen LogP contribution in [0.2, 0.25) is 0 Å². The normalized spacial score (nSPS) is 18.3. The highest BCUT2D eigenvalue weighted by Crippen LogP contribution is 2.35. The van der Waals surface area contributed by atoms with E-state index in [1.54, 1.807) is 18.4 Å². The van der Waals surface area contributed by atoms with Crippen molar-refractivity contribution in [2.75, 3.05) is 0 Å². The van der Waals surface area contributed by atoms with Gasteiger partial charge in [0.2, 0.25) is 5.91 Å². The van der Waals surface area contributed by atoms with Crippen molar-refractivity contribution in [2.24, 2.45) is 16.0 Å². The van der Waals surface area contributed by atoms with Crippen molar-refractivity contribution >= 4 is 40.4 Å². The standard InChI is InChI=1S/C17H31BN6O6S/c1-5-6-12(15(25)21-14(18(27)28)9-10(2)3)20-16(26)13-8-7-11(4)31(13)23-17(19)22-24(29)30/h8,10,12,14,27-28H,5-7,9H2,1-4H3,(H,20,26)(H,21,25)(H3,19,22,23)/t12-,14-,31?/m0/s1. The lowest BCUT2D eigenvalue weighted by atomic mass is 9.75. The Kier molecular flexibility index (Phi) is 10.7. The molecule has 0 saturated heterocycles. The van der Waals surface area contributed by atoms with Gasteiger partial charge in [-0.1, -0.05) is 38.7 Å². The fraction of sp³-hybridized carbons (Fsp3) is 0.647. The van der Waals surface area contributed by atoms with E-state index >= 15 is 0 Å². The molecule has 1 rings (SSSR count). The molecule has 14 heteroatoms. The summed E-state index contributed by atoms with van der Waals surface area (Å²) in [6.45, 7) is 7.39. The zero-order valence-electron chi connectivity index (χ0n) is 18.1. The van der Waals surface area contributed by atoms with Gasteiger partial charge in [0.05, 0.1) is 10.8 Å². The number of nitrogens with zero attached hydrogens (tertiary/aromatic N) is 2. The molecule has 3 atom stereocenters. The SMILES string of the molecule is CCC[C@H](NC(=O)C1=CCC(C)=S1N=C(N)N[N+](=O)[O-])C(=O)N[C@@H](CC(C)C)B(O)O. The summed E-state index contributed by atoms with van der Waals surface area (Å²) in [6.07, 6.45) is 3.40. The number of nitrogens with one attached hydrogen (secondary N) is 3. The summed E-state index contributed by atoms with van der Waals surface area (Å²) in [7, 11) is -2.82. The number of hydrazine groups is 1. The lowest BCUT2D eigenvalue weighted by Gasteiger charge is -2.24. The Morgan fingerprint density at radius 2 is 2.03 bits per heavy atom. The van der Waals surface area contributed by atoms with Crippen LogP contribution in [0.1, 0.15) is 53.4 Å². The van der Waals surface area contributed by atoms with Crippen molar-refractivity contribution in [3.8, 4) is 0 Å². The number of guanidine groups is 1. The molecule has 0 aromatic heterocycles. The van der Waals surface area contributed by atoms with E-state index in [0.29, 0.717) is 25.7 Å². The van der Waals surface area contributed by atoms with E-state index in [2.05, 4.69) is 15.0 Å². The molecule has 1 aliphatic rings. The molecular formula is C17H31BN6O6S. The van der Waals surface area contributed by atoms with Crippen molar-refractivity contribution in [1.82, 2.24) is 16.1 Å². The lowest BCUT2D eigenvalue weighted by molar-refractivity contribution is -0.525. The minimum Gasteiger partial charge on any atom is -0.426 e. The lowest BCUT2D eigenvalue weighted by Crippen LogP contribution is -2.54. The number of nitro groups is 1. The Labute approximate surface area is 184 Å². The van der Waals surface area contributed by atoms with Crippen LogP contribution in [-0.4, -0.2) is 56.8 Å². The van der Waals surface area contributed by atoms with E-state index in [1.807, 2.05) is 20.8 Å². The van der Waals surface area contributed by atoms with Crippen LogP contribution in [0, 0.1) is 16.0 Å². The van der Waals surface area contributed by atoms with E-state index < -0.39 is 52.6 Å². The van der Waals surface area contributed by atoms with E-state index in [9.17, 15) is 29.8 Å². The van der Waals surface area contributed by atoms with Gasteiger partial charge in [0.1, 0.15) is 6.04 Å². The maximum atomic E-state index is 12.9. The molecule has 7 N–H and O–H groups in total. The van der Waals surface area contributed by atoms with Crippen LogP contribution >= 0.6 is 10.7 Å². The third-order valence-corrected chi connectivity index (χ3v) is 6.32. The summed E-state index contributed by atoms with van der Waals surface area (Å²) in [5.41, 5.74) is 7.27. The summed E-state index contributed by atoms with van der Waals surface area (Å²) in [6, 6.07) is -0.892. The first kappa shape index (κ1) is 26.6. The number of nitrogens with two attached hydrogens (primary N) is 1. The quantitative estimate of drug-likeness (QED) is 0.0600. The van der Waals surface area contributed by atoms with Gasteiger partial charge in [0.25, 0.3) is 11.9 Å². The molecule has 0 aromatic rings. The predicted molar refractivity (Wildman–Crippen MR) is 121 cm³/mol. The van der Waals surface area contributed by atoms with Gasteiger partial charge in [-0.2, -0.15) is 4.40 Å². The van der Waals surface area contributed by atoms with Gasteiger partial charge in [-0.25, -0.2) is 10.1 Å². The second-order valence-electron chi connectivity index (χ2n) is 7.58. The number of hydrogen-bond donors (Lipinski definition) is 6. The van der Waals surface area contributed by atoms with Crippen molar-refractivity contribution < 1.29 is 24.7 Å². The van der Waals surface area contributed by atoms with Crippen LogP contribution in [0.3, 0.4) is 0 Å². The van der Waals surface area contributed by atoms with E-state index in [-0.39, 0.29) is 10.8 Å². The molecule has 0 fully saturated rings. The fourth-order valence-electron chi connectivity index (χ4n) is 2.94. The average molecular weight is 458 g/mol. The highest BCUT2D eigenvalue weighted by atomic mass is 32.2. The highest BCUT2D eigenvalue weighted by molar-refractivity contribution is 8.19. The second kappa shape index (κ2) is 12.4. The van der Waals surface area contributed by atoms with E-state index in [0.717, 1.165) is 4.86 Å². The Bertz CT molecular complexity index is 785. The number of carbonyl (C=O) groups is 2. The van der Waals surface area contributed by atoms with Crippen LogP contribution in [0.15, 0.2) is 15.4 Å². The fourth-order valence-corrected chi connectivity index (χ4v) is 4.52. The number of allylic oxidation sites excluding steroid dienone is 1. The number of carbonyl (C=O) groups excluding carboxylic acids is 2. The second-order valence-corrected chi connectivity index (χ2v) is 9.47. The molecule has 0 spiro atoms. The van der Waals surface area contributed by atoms with Crippen LogP contribution in [0.25, 0.3) is 0 Å². The molecular weight excluding hydrogens is 427 g/mol. The smallest absolute Gasteiger partial charge is 0.426 e. The first-order valence-electron chi connectivity index (χ1n) is 9.95. The van der Waals surface area contributed by atoms with Crippen molar-refractivity contribution in [1.29, 1.82) is 0 Å². The van der Waals surface area contributed by atoms with Gasteiger partial charge in [0.15, 0.2) is 5.03 Å². The van der Waals surface area contributed by atoms with Crippen LogP contribution in [0.4, 0.5) is 0 Å². The molecule has 31 heavy (non-hydrogen) atoms. The zero-order valence-corrected chi connectivity index (χ0v) is 18.9. The first-order chi connectivity index (χ1) is 14.5. The molecule has 1 unspecified atom stereocenters. The number of amides is 2. The molecule has 174 valence electrons. The number of rotatable bonds is 11. The van der Waals surface area contributed by atoms with Crippen molar-refractivity contribution in [3.63, 3.8) is 0 Å². The third-order valence-electron chi connectivity index (χ3n) is 4.34. The molecule has 0 saturated carbocycles. The molecule has 12 nitrogen and oxygen atoms in total. The monoisotopic (exact) mass is 458 g/mol. The summed E-state index contributed by atoms with van der Waals surface area (Å²) in [5.74, 6) is -2.23. The Balaban J connectivity index is 2.96. The molecule has 2 amide bonds. The van der Waals surface area contributed by atoms with Gasteiger partial charge < -0.3 is 26.4 Å². The van der Waals surface area contributed by atoms with Gasteiger partial charge in [-0.05, 0) is 47.6 Å². The summed E-state index contributed by atoms with van der Waals surface area (Å²) in [5, 5.41) is 34.0. The Hall–Kier alpha value is -2.45. The summed E-state index contributed by atoms with van der Waals surface area (Å²) < 4.78 is 4.04. The minimum atomic E-state index is -1.73. The maximum Gasteiger partial charge on any atom is 0.475 e. The van der Waals surface area contributed by atoms with Crippen molar-refractivity contribution in [2.45, 2.75) is 65.4 Å². The van der Waals surface area contributed by atoms with Gasteiger partial charge in [-0.15, -0.1) is 0 Å². The van der Waals surface area contributed by atoms with E-state index in [4.69, 9.17) is 5.73 Å². The molecule has 1 aliphatic heterocycles. The van der Waals surface area contributed by atoms with Crippen molar-refractivity contribution in [3.05, 3.63) is 21.1 Å². The topological polar surface area (TPSA) is 192 Å². The minimum absolute atomic E-state index is 0.117. The van der Waals surface area contributed by atoms with E-state index in [1.165, 1.54) is 0 Å². The third kappa shape index (κ3) is 8.67. The Morgan fingerprint density at radius 3 is 2.55 bits per heavy atom. The van der Waals surface area contributed by atoms with Crippen LogP contribution in [-0.2, 0) is 9.59 Å². The first-order valence-corrected chi connectivity index (χ1v) is 11.1. The zero-order chi connectivity index (χ0) is 23.7. The number of hydrogen-bond acceptors (Lipinski definition) is 7. The molecule has 0 bridgehead atoms. The van der Waals surface area contributed by atoms with Gasteiger partial charge >= 0.3 is 7.12 Å². The van der Waals surface area contributed by atoms with Gasteiger partial charge in [0, 0.05) is 0 Å². The molecule has 0 radical (unpaired) electrons. The maximum absolute atomic E-state index is 12.9. The van der Waals surface area contributed by atoms with Crippen LogP contribution < -0.4 is 21.8 Å². The molecule has 0 aromatic carbocycles. The van der Waals surface area contributed by atoms with Crippen LogP contribution in [0.5, 0.6) is 0 Å².